The summed E-state index contributed by atoms with van der Waals surface area (Å²) in [5, 5.41) is 2.94. The van der Waals surface area contributed by atoms with Gasteiger partial charge in [-0.1, -0.05) is 12.1 Å². The van der Waals surface area contributed by atoms with Gasteiger partial charge in [0.2, 0.25) is 5.91 Å². The zero-order valence-corrected chi connectivity index (χ0v) is 16.2. The summed E-state index contributed by atoms with van der Waals surface area (Å²) in [7, 11) is -1.28. The Balaban J connectivity index is 1.53. The molecule has 2 aliphatic rings. The fourth-order valence-corrected chi connectivity index (χ4v) is 5.47. The van der Waals surface area contributed by atoms with Crippen LogP contribution < -0.4 is 10.1 Å². The number of para-hydroxylation sites is 2. The van der Waals surface area contributed by atoms with Gasteiger partial charge in [0.25, 0.3) is 0 Å². The lowest BCUT2D eigenvalue weighted by molar-refractivity contribution is -0.121. The van der Waals surface area contributed by atoms with Gasteiger partial charge >= 0.3 is 0 Å². The Hall–Kier alpha value is -1.64. The number of nitrogens with zero attached hydrogens (tertiary/aromatic N) is 2. The zero-order chi connectivity index (χ0) is 18.7. The van der Waals surface area contributed by atoms with Crippen molar-refractivity contribution in [3.63, 3.8) is 0 Å². The lowest BCUT2D eigenvalue weighted by Gasteiger charge is -2.39. The Morgan fingerprint density at radius 3 is 2.54 bits per heavy atom. The number of methoxy groups -OCH3 is 1. The van der Waals surface area contributed by atoms with Crippen LogP contribution in [0.2, 0.25) is 0 Å². The van der Waals surface area contributed by atoms with Crippen LogP contribution in [0.3, 0.4) is 0 Å². The predicted molar refractivity (Wildman–Crippen MR) is 101 cm³/mol. The Morgan fingerprint density at radius 1 is 1.23 bits per heavy atom. The molecule has 2 atom stereocenters. The number of nitrogens with one attached hydrogen (secondary N) is 1. The van der Waals surface area contributed by atoms with Gasteiger partial charge in [0.15, 0.2) is 9.84 Å². The molecule has 2 fully saturated rings. The highest BCUT2D eigenvalue weighted by Gasteiger charge is 2.35. The molecule has 26 heavy (non-hydrogen) atoms. The Labute approximate surface area is 155 Å². The van der Waals surface area contributed by atoms with Crippen LogP contribution in [-0.2, 0) is 14.6 Å². The molecule has 0 aliphatic carbocycles. The Kier molecular flexibility index (Phi) is 5.84. The van der Waals surface area contributed by atoms with E-state index in [0.29, 0.717) is 17.2 Å². The molecule has 3 rings (SSSR count). The second kappa shape index (κ2) is 7.94. The number of hydrogen-bond donors (Lipinski definition) is 1. The molecule has 0 spiro atoms. The highest BCUT2D eigenvalue weighted by atomic mass is 32.2. The number of carbonyl (C=O) groups excluding carboxylic acids is 1. The lowest BCUT2D eigenvalue weighted by Crippen LogP contribution is -2.55. The van der Waals surface area contributed by atoms with E-state index < -0.39 is 9.84 Å². The van der Waals surface area contributed by atoms with Crippen LogP contribution in [0.15, 0.2) is 24.3 Å². The van der Waals surface area contributed by atoms with E-state index in [4.69, 9.17) is 4.74 Å². The van der Waals surface area contributed by atoms with E-state index >= 15 is 0 Å². The number of hydrogen-bond acceptors (Lipinski definition) is 6. The number of benzene rings is 1. The molecule has 8 heteroatoms. The average Bonchev–Trinajstić information content (AvgIpc) is 3.01. The summed E-state index contributed by atoms with van der Waals surface area (Å²) in [6.07, 6.45) is 0.728. The first kappa shape index (κ1) is 19.1. The van der Waals surface area contributed by atoms with Crippen molar-refractivity contribution in [2.24, 2.45) is 0 Å². The first-order chi connectivity index (χ1) is 12.4. The van der Waals surface area contributed by atoms with E-state index in [9.17, 15) is 13.2 Å². The molecule has 2 heterocycles. The number of ether oxygens (including phenoxy) is 1. The van der Waals surface area contributed by atoms with Crippen molar-refractivity contribution in [1.82, 2.24) is 9.80 Å². The zero-order valence-electron chi connectivity index (χ0n) is 15.3. The molecular formula is C18H27N3O4S. The molecule has 1 N–H and O–H groups in total. The minimum absolute atomic E-state index is 0.0635. The number of carbonyl (C=O) groups is 1. The summed E-state index contributed by atoms with van der Waals surface area (Å²) >= 11 is 0. The van der Waals surface area contributed by atoms with Crippen molar-refractivity contribution in [1.29, 1.82) is 0 Å². The molecule has 0 aromatic heterocycles. The van der Waals surface area contributed by atoms with E-state index in [1.807, 2.05) is 31.2 Å². The minimum atomic E-state index is -2.86. The third-order valence-electron chi connectivity index (χ3n) is 5.37. The van der Waals surface area contributed by atoms with Crippen molar-refractivity contribution < 1.29 is 17.9 Å². The number of rotatable bonds is 5. The van der Waals surface area contributed by atoms with Gasteiger partial charge in [-0.15, -0.1) is 0 Å². The first-order valence-corrected chi connectivity index (χ1v) is 10.8. The highest BCUT2D eigenvalue weighted by Crippen LogP contribution is 2.24. The molecule has 0 radical (unpaired) electrons. The maximum Gasteiger partial charge on any atom is 0.241 e. The van der Waals surface area contributed by atoms with Gasteiger partial charge in [-0.05, 0) is 25.5 Å². The van der Waals surface area contributed by atoms with Crippen LogP contribution >= 0.6 is 0 Å². The molecule has 1 aromatic rings. The molecule has 1 aromatic carbocycles. The van der Waals surface area contributed by atoms with E-state index in [2.05, 4.69) is 15.1 Å². The predicted octanol–water partition coefficient (Wildman–Crippen LogP) is 0.827. The highest BCUT2D eigenvalue weighted by molar-refractivity contribution is 7.91. The van der Waals surface area contributed by atoms with Crippen LogP contribution in [0.4, 0.5) is 5.69 Å². The van der Waals surface area contributed by atoms with E-state index in [-0.39, 0.29) is 23.7 Å². The standard InChI is InChI=1S/C18H27N3O4S/c1-14(18(22)19-16-5-3-4-6-17(16)25-2)20-8-10-21(11-9-20)15-7-12-26(23,24)13-15/h3-6,14-15H,7-13H2,1-2H3,(H,19,22)/t14-,15+/m1/s1. The smallest absolute Gasteiger partial charge is 0.241 e. The Morgan fingerprint density at radius 2 is 1.92 bits per heavy atom. The number of amides is 1. The summed E-state index contributed by atoms with van der Waals surface area (Å²) < 4.78 is 28.6. The van der Waals surface area contributed by atoms with Crippen LogP contribution in [0, 0.1) is 0 Å². The van der Waals surface area contributed by atoms with Gasteiger partial charge in [0.1, 0.15) is 5.75 Å². The molecule has 2 aliphatic heterocycles. The van der Waals surface area contributed by atoms with Crippen LogP contribution in [0.25, 0.3) is 0 Å². The fraction of sp³-hybridized carbons (Fsp3) is 0.611. The number of anilines is 1. The summed E-state index contributed by atoms with van der Waals surface area (Å²) in [5.41, 5.74) is 0.668. The fourth-order valence-electron chi connectivity index (χ4n) is 3.70. The summed E-state index contributed by atoms with van der Waals surface area (Å²) in [6.45, 7) is 5.02. The van der Waals surface area contributed by atoms with Crippen LogP contribution in [0.5, 0.6) is 5.75 Å². The molecule has 0 bridgehead atoms. The second-order valence-corrected chi connectivity index (χ2v) is 9.22. The molecule has 1 amide bonds. The van der Waals surface area contributed by atoms with E-state index in [1.165, 1.54) is 0 Å². The van der Waals surface area contributed by atoms with Gasteiger partial charge in [-0.25, -0.2) is 8.42 Å². The molecule has 0 saturated carbocycles. The van der Waals surface area contributed by atoms with Crippen molar-refractivity contribution >= 4 is 21.4 Å². The van der Waals surface area contributed by atoms with Crippen molar-refractivity contribution in [2.75, 3.05) is 50.1 Å². The maximum absolute atomic E-state index is 12.6. The normalized spacial score (nSPS) is 24.9. The van der Waals surface area contributed by atoms with Crippen molar-refractivity contribution in [3.8, 4) is 5.75 Å². The quantitative estimate of drug-likeness (QED) is 0.814. The SMILES string of the molecule is COc1ccccc1NC(=O)[C@@H](C)N1CCN([C@H]2CCS(=O)(=O)C2)CC1. The van der Waals surface area contributed by atoms with Gasteiger partial charge in [-0.2, -0.15) is 0 Å². The van der Waals surface area contributed by atoms with Gasteiger partial charge in [0, 0.05) is 32.2 Å². The van der Waals surface area contributed by atoms with Crippen molar-refractivity contribution in [3.05, 3.63) is 24.3 Å². The maximum atomic E-state index is 12.6. The Bertz CT molecular complexity index is 745. The van der Waals surface area contributed by atoms with Crippen molar-refractivity contribution in [2.45, 2.75) is 25.4 Å². The summed E-state index contributed by atoms with van der Waals surface area (Å²) in [4.78, 5) is 17.0. The molecule has 2 saturated heterocycles. The largest absolute Gasteiger partial charge is 0.495 e. The third-order valence-corrected chi connectivity index (χ3v) is 7.12. The van der Waals surface area contributed by atoms with Gasteiger partial charge < -0.3 is 10.1 Å². The summed E-state index contributed by atoms with van der Waals surface area (Å²) in [5.74, 6) is 1.15. The monoisotopic (exact) mass is 381 g/mol. The first-order valence-electron chi connectivity index (χ1n) is 9.02. The topological polar surface area (TPSA) is 79.0 Å². The van der Waals surface area contributed by atoms with Gasteiger partial charge in [-0.3, -0.25) is 14.6 Å². The second-order valence-electron chi connectivity index (χ2n) is 6.99. The van der Waals surface area contributed by atoms with Crippen LogP contribution in [-0.4, -0.2) is 81.0 Å². The lowest BCUT2D eigenvalue weighted by atomic mass is 10.1. The number of piperazine rings is 1. The minimum Gasteiger partial charge on any atom is -0.495 e. The molecular weight excluding hydrogens is 354 g/mol. The summed E-state index contributed by atoms with van der Waals surface area (Å²) in [6, 6.07) is 7.24. The van der Waals surface area contributed by atoms with E-state index in [0.717, 1.165) is 32.6 Å². The molecule has 144 valence electrons. The van der Waals surface area contributed by atoms with E-state index in [1.54, 1.807) is 7.11 Å². The van der Waals surface area contributed by atoms with Crippen LogP contribution in [0.1, 0.15) is 13.3 Å². The van der Waals surface area contributed by atoms with Gasteiger partial charge in [0.05, 0.1) is 30.3 Å². The third kappa shape index (κ3) is 4.36. The molecule has 7 nitrogen and oxygen atoms in total. The number of sulfone groups is 1. The average molecular weight is 381 g/mol. The molecule has 0 unspecified atom stereocenters.